The summed E-state index contributed by atoms with van der Waals surface area (Å²) < 4.78 is 6.42. The summed E-state index contributed by atoms with van der Waals surface area (Å²) in [4.78, 5) is 30.6. The molecule has 0 spiro atoms. The van der Waals surface area contributed by atoms with Gasteiger partial charge in [-0.05, 0) is 87.6 Å². The van der Waals surface area contributed by atoms with Crippen LogP contribution in [0.1, 0.15) is 54.0 Å². The zero-order valence-corrected chi connectivity index (χ0v) is 23.8. The fourth-order valence-electron chi connectivity index (χ4n) is 2.66. The van der Waals surface area contributed by atoms with Gasteiger partial charge >= 0.3 is 0 Å². The lowest BCUT2D eigenvalue weighted by Gasteiger charge is -2.37. The average Bonchev–Trinajstić information content (AvgIpc) is 2.68. The van der Waals surface area contributed by atoms with Crippen molar-refractivity contribution < 1.29 is 14.0 Å². The Labute approximate surface area is 204 Å². The highest BCUT2D eigenvalue weighted by Crippen LogP contribution is 2.40. The lowest BCUT2D eigenvalue weighted by molar-refractivity contribution is 0.228. The van der Waals surface area contributed by atoms with Gasteiger partial charge in [0.05, 0.1) is 0 Å². The van der Waals surface area contributed by atoms with Crippen LogP contribution in [0.25, 0.3) is 5.76 Å². The number of carbonyl (C=O) groups is 2. The number of rotatable bonds is 9. The highest BCUT2D eigenvalue weighted by atomic mass is 32.2. The summed E-state index contributed by atoms with van der Waals surface area (Å²) >= 11 is 2.36. The second-order valence-corrected chi connectivity index (χ2v) is 15.8. The summed E-state index contributed by atoms with van der Waals surface area (Å²) in [6.45, 7) is 25.6. The molecule has 0 unspecified atom stereocenters. The van der Waals surface area contributed by atoms with Crippen molar-refractivity contribution in [3.05, 3.63) is 30.3 Å². The van der Waals surface area contributed by atoms with Crippen molar-refractivity contribution in [2.75, 3.05) is 26.2 Å². The van der Waals surface area contributed by atoms with Crippen LogP contribution in [0.3, 0.4) is 0 Å². The van der Waals surface area contributed by atoms with Gasteiger partial charge in [-0.3, -0.25) is 9.59 Å². The lowest BCUT2D eigenvalue weighted by Crippen LogP contribution is -2.40. The van der Waals surface area contributed by atoms with Gasteiger partial charge in [-0.2, -0.15) is 0 Å². The zero-order valence-electron chi connectivity index (χ0n) is 21.2. The summed E-state index contributed by atoms with van der Waals surface area (Å²) in [6.07, 6.45) is 0. The molecule has 0 radical (unpaired) electrons. The fourth-order valence-corrected chi connectivity index (χ4v) is 5.70. The van der Waals surface area contributed by atoms with Crippen LogP contribution in [0.15, 0.2) is 34.6 Å². The summed E-state index contributed by atoms with van der Waals surface area (Å²) in [7, 11) is -2.07. The molecule has 0 bridgehead atoms. The van der Waals surface area contributed by atoms with Gasteiger partial charge in [-0.15, -0.1) is 0 Å². The first-order valence-corrected chi connectivity index (χ1v) is 15.8. The quantitative estimate of drug-likeness (QED) is 0.198. The van der Waals surface area contributed by atoms with E-state index in [-0.39, 0.29) is 15.5 Å². The van der Waals surface area contributed by atoms with E-state index in [9.17, 15) is 9.59 Å². The van der Waals surface area contributed by atoms with E-state index >= 15 is 0 Å². The molecule has 2 amide bonds. The molecule has 32 heavy (non-hydrogen) atoms. The number of hydrogen-bond donors (Lipinski definition) is 0. The molecular formula is C24H40N2O3S2Si. The number of carbonyl (C=O) groups excluding carboxylic acids is 2. The van der Waals surface area contributed by atoms with Gasteiger partial charge in [0.2, 0.25) is 8.32 Å². The predicted molar refractivity (Wildman–Crippen MR) is 142 cm³/mol. The van der Waals surface area contributed by atoms with Crippen LogP contribution in [0.2, 0.25) is 18.1 Å². The molecule has 0 aliphatic heterocycles. The molecule has 0 N–H and O–H groups in total. The number of amides is 2. The van der Waals surface area contributed by atoms with Crippen molar-refractivity contribution in [3.8, 4) is 0 Å². The molecular weight excluding hydrogens is 456 g/mol. The summed E-state index contributed by atoms with van der Waals surface area (Å²) in [5.41, 5.74) is 0.807. The Bertz CT molecular complexity index is 770. The molecule has 1 aromatic carbocycles. The van der Waals surface area contributed by atoms with Crippen LogP contribution >= 0.6 is 23.5 Å². The molecule has 0 fully saturated rings. The standard InChI is InChI=1S/C24H40N2O3S2Si/c1-11-25(12-2)22(27)30-20-15-19(18(5)29-32(9,10)24(6,7)8)16-21(17-20)31-23(28)26(13-3)14-4/h15-17H,5,11-14H2,1-4,6-10H3. The maximum Gasteiger partial charge on any atom is 0.286 e. The van der Waals surface area contributed by atoms with Crippen LogP contribution in [0, 0.1) is 0 Å². The van der Waals surface area contributed by atoms with Gasteiger partial charge in [-0.25, -0.2) is 0 Å². The third-order valence-corrected chi connectivity index (χ3v) is 12.0. The second kappa shape index (κ2) is 12.2. The van der Waals surface area contributed by atoms with Crippen molar-refractivity contribution in [2.24, 2.45) is 0 Å². The first-order valence-electron chi connectivity index (χ1n) is 11.3. The molecule has 0 saturated heterocycles. The first kappa shape index (κ1) is 28.6. The van der Waals surface area contributed by atoms with Crippen molar-refractivity contribution in [1.29, 1.82) is 0 Å². The minimum Gasteiger partial charge on any atom is -0.543 e. The first-order chi connectivity index (χ1) is 14.8. The Morgan fingerprint density at radius 3 is 1.56 bits per heavy atom. The van der Waals surface area contributed by atoms with Crippen LogP contribution in [0.4, 0.5) is 9.59 Å². The maximum absolute atomic E-state index is 12.7. The Balaban J connectivity index is 3.31. The summed E-state index contributed by atoms with van der Waals surface area (Å²) in [6, 6.07) is 5.78. The minimum atomic E-state index is -2.07. The molecule has 0 aliphatic rings. The Morgan fingerprint density at radius 2 is 1.25 bits per heavy atom. The molecule has 180 valence electrons. The van der Waals surface area contributed by atoms with Crippen LogP contribution in [0.5, 0.6) is 0 Å². The van der Waals surface area contributed by atoms with Crippen molar-refractivity contribution in [1.82, 2.24) is 9.80 Å². The molecule has 5 nitrogen and oxygen atoms in total. The lowest BCUT2D eigenvalue weighted by atomic mass is 10.2. The van der Waals surface area contributed by atoms with Crippen molar-refractivity contribution in [3.63, 3.8) is 0 Å². The third-order valence-electron chi connectivity index (χ3n) is 5.84. The van der Waals surface area contributed by atoms with Gasteiger partial charge in [0.1, 0.15) is 5.76 Å². The topological polar surface area (TPSA) is 49.9 Å². The van der Waals surface area contributed by atoms with E-state index in [4.69, 9.17) is 4.43 Å². The third kappa shape index (κ3) is 7.88. The van der Waals surface area contributed by atoms with Crippen molar-refractivity contribution >= 4 is 48.1 Å². The molecule has 0 saturated carbocycles. The van der Waals surface area contributed by atoms with Crippen LogP contribution in [-0.4, -0.2) is 54.8 Å². The maximum atomic E-state index is 12.7. The van der Waals surface area contributed by atoms with E-state index in [1.807, 2.05) is 45.9 Å². The van der Waals surface area contributed by atoms with Gasteiger partial charge in [0, 0.05) is 41.5 Å². The SMILES string of the molecule is C=C(O[Si](C)(C)C(C)(C)C)c1cc(SC(=O)N(CC)CC)cc(SC(=O)N(CC)CC)c1. The minimum absolute atomic E-state index is 0.00547. The van der Waals surface area contributed by atoms with E-state index in [0.29, 0.717) is 31.9 Å². The number of thioether (sulfide) groups is 2. The Kier molecular flexibility index (Phi) is 10.9. The average molecular weight is 497 g/mol. The molecule has 0 aromatic heterocycles. The van der Waals surface area contributed by atoms with Gasteiger partial charge in [0.15, 0.2) is 0 Å². The van der Waals surface area contributed by atoms with E-state index in [2.05, 4.69) is 40.4 Å². The number of hydrogen-bond acceptors (Lipinski definition) is 5. The van der Waals surface area contributed by atoms with E-state index in [0.717, 1.165) is 15.4 Å². The molecule has 0 heterocycles. The van der Waals surface area contributed by atoms with Crippen molar-refractivity contribution in [2.45, 2.75) is 76.4 Å². The molecule has 1 rings (SSSR count). The van der Waals surface area contributed by atoms with E-state index < -0.39 is 8.32 Å². The molecule has 0 atom stereocenters. The van der Waals surface area contributed by atoms with Crippen LogP contribution in [-0.2, 0) is 4.43 Å². The molecule has 0 aliphatic carbocycles. The van der Waals surface area contributed by atoms with Gasteiger partial charge in [-0.1, -0.05) is 27.4 Å². The van der Waals surface area contributed by atoms with Gasteiger partial charge in [0.25, 0.3) is 10.5 Å². The fraction of sp³-hybridized carbons (Fsp3) is 0.583. The Hall–Kier alpha value is -1.38. The number of nitrogens with zero attached hydrogens (tertiary/aromatic N) is 2. The molecule has 8 heteroatoms. The summed E-state index contributed by atoms with van der Waals surface area (Å²) in [5.74, 6) is 0.589. The predicted octanol–water partition coefficient (Wildman–Crippen LogP) is 7.79. The van der Waals surface area contributed by atoms with Crippen LogP contribution < -0.4 is 0 Å². The Morgan fingerprint density at radius 1 is 0.875 bits per heavy atom. The number of benzene rings is 1. The monoisotopic (exact) mass is 496 g/mol. The van der Waals surface area contributed by atoms with E-state index in [1.54, 1.807) is 9.80 Å². The normalized spacial score (nSPS) is 11.8. The summed E-state index contributed by atoms with van der Waals surface area (Å²) in [5, 5.41) is 0.0281. The molecule has 1 aromatic rings. The highest BCUT2D eigenvalue weighted by molar-refractivity contribution is 8.14. The second-order valence-electron chi connectivity index (χ2n) is 9.06. The van der Waals surface area contributed by atoms with E-state index in [1.165, 1.54) is 23.5 Å². The van der Waals surface area contributed by atoms with Gasteiger partial charge < -0.3 is 14.2 Å². The highest BCUT2D eigenvalue weighted by Gasteiger charge is 2.39. The largest absolute Gasteiger partial charge is 0.543 e. The smallest absolute Gasteiger partial charge is 0.286 e. The zero-order chi connectivity index (χ0) is 24.7.